The van der Waals surface area contributed by atoms with Crippen molar-refractivity contribution in [1.82, 2.24) is 9.55 Å². The number of rotatable bonds is 7. The molecular formula is C18H15FN4O3S. The summed E-state index contributed by atoms with van der Waals surface area (Å²) in [4.78, 5) is 26.6. The molecule has 1 heterocycles. The van der Waals surface area contributed by atoms with E-state index in [1.54, 1.807) is 30.6 Å². The Morgan fingerprint density at radius 1 is 1.26 bits per heavy atom. The maximum atomic E-state index is 13.0. The summed E-state index contributed by atoms with van der Waals surface area (Å²) < 4.78 is 14.9. The van der Waals surface area contributed by atoms with Gasteiger partial charge in [-0.05, 0) is 23.8 Å². The van der Waals surface area contributed by atoms with Crippen molar-refractivity contribution in [2.75, 3.05) is 11.1 Å². The third kappa shape index (κ3) is 5.14. The van der Waals surface area contributed by atoms with Crippen LogP contribution in [0.4, 0.5) is 15.8 Å². The highest BCUT2D eigenvalue weighted by atomic mass is 32.2. The summed E-state index contributed by atoms with van der Waals surface area (Å²) in [6, 6.07) is 11.9. The molecule has 0 radical (unpaired) electrons. The third-order valence-electron chi connectivity index (χ3n) is 3.62. The number of carbonyl (C=O) groups is 1. The molecule has 1 N–H and O–H groups in total. The molecule has 3 rings (SSSR count). The summed E-state index contributed by atoms with van der Waals surface area (Å²) >= 11 is 1.25. The summed E-state index contributed by atoms with van der Waals surface area (Å²) in [7, 11) is 0. The average Bonchev–Trinajstić information content (AvgIpc) is 3.09. The van der Waals surface area contributed by atoms with Gasteiger partial charge in [-0.3, -0.25) is 14.9 Å². The van der Waals surface area contributed by atoms with Crippen LogP contribution in [0.3, 0.4) is 0 Å². The minimum atomic E-state index is -0.517. The van der Waals surface area contributed by atoms with Crippen molar-refractivity contribution < 1.29 is 14.1 Å². The van der Waals surface area contributed by atoms with Crippen molar-refractivity contribution in [2.45, 2.75) is 11.7 Å². The minimum Gasteiger partial charge on any atom is -0.325 e. The largest absolute Gasteiger partial charge is 0.325 e. The molecule has 0 bridgehead atoms. The van der Waals surface area contributed by atoms with E-state index in [1.807, 2.05) is 4.57 Å². The Morgan fingerprint density at radius 2 is 2.04 bits per heavy atom. The molecule has 0 spiro atoms. The maximum absolute atomic E-state index is 13.0. The van der Waals surface area contributed by atoms with Gasteiger partial charge in [0, 0.05) is 36.8 Å². The topological polar surface area (TPSA) is 90.1 Å². The summed E-state index contributed by atoms with van der Waals surface area (Å²) in [5.41, 5.74) is 1.19. The van der Waals surface area contributed by atoms with Gasteiger partial charge in [-0.1, -0.05) is 30.0 Å². The Balaban J connectivity index is 1.58. The van der Waals surface area contributed by atoms with Gasteiger partial charge in [0.15, 0.2) is 5.16 Å². The predicted molar refractivity (Wildman–Crippen MR) is 100 cm³/mol. The van der Waals surface area contributed by atoms with Crippen molar-refractivity contribution in [2.24, 2.45) is 0 Å². The number of amides is 1. The van der Waals surface area contributed by atoms with Crippen LogP contribution in [-0.2, 0) is 11.3 Å². The second-order valence-electron chi connectivity index (χ2n) is 5.61. The fourth-order valence-electron chi connectivity index (χ4n) is 2.37. The molecule has 0 saturated carbocycles. The first-order valence-electron chi connectivity index (χ1n) is 7.94. The molecule has 2 aromatic carbocycles. The number of anilines is 1. The minimum absolute atomic E-state index is 0.0877. The quantitative estimate of drug-likeness (QED) is 0.380. The Morgan fingerprint density at radius 3 is 2.78 bits per heavy atom. The molecule has 0 unspecified atom stereocenters. The molecule has 0 aliphatic carbocycles. The molecule has 0 aliphatic heterocycles. The SMILES string of the molecule is O=C(CSc1nccn1Cc1ccc(F)cc1)Nc1cccc([N+](=O)[O-])c1. The molecular weight excluding hydrogens is 371 g/mol. The molecule has 9 heteroatoms. The monoisotopic (exact) mass is 386 g/mol. The van der Waals surface area contributed by atoms with Gasteiger partial charge in [-0.2, -0.15) is 0 Å². The van der Waals surface area contributed by atoms with E-state index in [-0.39, 0.29) is 23.2 Å². The van der Waals surface area contributed by atoms with Crippen molar-refractivity contribution in [3.8, 4) is 0 Å². The lowest BCUT2D eigenvalue weighted by atomic mass is 10.2. The molecule has 0 saturated heterocycles. The Bertz CT molecular complexity index is 959. The number of hydrogen-bond acceptors (Lipinski definition) is 5. The molecule has 0 atom stereocenters. The fourth-order valence-corrected chi connectivity index (χ4v) is 3.13. The average molecular weight is 386 g/mol. The third-order valence-corrected chi connectivity index (χ3v) is 4.62. The first-order chi connectivity index (χ1) is 13.0. The first kappa shape index (κ1) is 18.6. The van der Waals surface area contributed by atoms with Gasteiger partial charge in [-0.25, -0.2) is 9.37 Å². The van der Waals surface area contributed by atoms with E-state index in [9.17, 15) is 19.3 Å². The number of nitro benzene ring substituents is 1. The normalized spacial score (nSPS) is 10.6. The highest BCUT2D eigenvalue weighted by Crippen LogP contribution is 2.20. The van der Waals surface area contributed by atoms with Gasteiger partial charge >= 0.3 is 0 Å². The highest BCUT2D eigenvalue weighted by molar-refractivity contribution is 7.99. The van der Waals surface area contributed by atoms with Crippen molar-refractivity contribution in [3.05, 3.63) is 82.4 Å². The van der Waals surface area contributed by atoms with Gasteiger partial charge in [0.2, 0.25) is 5.91 Å². The van der Waals surface area contributed by atoms with Crippen LogP contribution >= 0.6 is 11.8 Å². The van der Waals surface area contributed by atoms with Gasteiger partial charge in [0.05, 0.1) is 10.7 Å². The molecule has 1 amide bonds. The molecule has 138 valence electrons. The van der Waals surface area contributed by atoms with Gasteiger partial charge in [0.25, 0.3) is 5.69 Å². The van der Waals surface area contributed by atoms with Gasteiger partial charge in [-0.15, -0.1) is 0 Å². The second kappa shape index (κ2) is 8.45. The zero-order valence-corrected chi connectivity index (χ0v) is 14.9. The van der Waals surface area contributed by atoms with E-state index >= 15 is 0 Å². The number of thioether (sulfide) groups is 1. The lowest BCUT2D eigenvalue weighted by Gasteiger charge is -2.08. The highest BCUT2D eigenvalue weighted by Gasteiger charge is 2.11. The molecule has 27 heavy (non-hydrogen) atoms. The van der Waals surface area contributed by atoms with E-state index in [4.69, 9.17) is 0 Å². The van der Waals surface area contributed by atoms with Gasteiger partial charge < -0.3 is 9.88 Å². The Hall–Kier alpha value is -3.20. The lowest BCUT2D eigenvalue weighted by Crippen LogP contribution is -2.14. The number of nitrogens with one attached hydrogen (secondary N) is 1. The number of halogens is 1. The number of benzene rings is 2. The number of imidazole rings is 1. The van der Waals surface area contributed by atoms with Crippen LogP contribution in [0.1, 0.15) is 5.56 Å². The van der Waals surface area contributed by atoms with Gasteiger partial charge in [0.1, 0.15) is 5.82 Å². The van der Waals surface area contributed by atoms with E-state index < -0.39 is 4.92 Å². The Labute approximate surface area is 158 Å². The van der Waals surface area contributed by atoms with Crippen LogP contribution in [0.2, 0.25) is 0 Å². The lowest BCUT2D eigenvalue weighted by molar-refractivity contribution is -0.384. The maximum Gasteiger partial charge on any atom is 0.271 e. The van der Waals surface area contributed by atoms with Crippen LogP contribution in [0.25, 0.3) is 0 Å². The summed E-state index contributed by atoms with van der Waals surface area (Å²) in [6.07, 6.45) is 3.41. The Kier molecular flexibility index (Phi) is 5.82. The number of aromatic nitrogens is 2. The van der Waals surface area contributed by atoms with Crippen molar-refractivity contribution in [1.29, 1.82) is 0 Å². The number of nitro groups is 1. The standard InChI is InChI=1S/C18H15FN4O3S/c19-14-6-4-13(5-7-14)11-22-9-8-20-18(22)27-12-17(24)21-15-2-1-3-16(10-15)23(25)26/h1-10H,11-12H2,(H,21,24). The number of carbonyl (C=O) groups excluding carboxylic acids is 1. The molecule has 7 nitrogen and oxygen atoms in total. The molecule has 3 aromatic rings. The summed E-state index contributed by atoms with van der Waals surface area (Å²) in [5.74, 6) is -0.489. The van der Waals surface area contributed by atoms with Crippen LogP contribution < -0.4 is 5.32 Å². The second-order valence-corrected chi connectivity index (χ2v) is 6.55. The summed E-state index contributed by atoms with van der Waals surface area (Å²) in [5, 5.41) is 14.1. The van der Waals surface area contributed by atoms with E-state index in [1.165, 1.54) is 42.1 Å². The van der Waals surface area contributed by atoms with Crippen molar-refractivity contribution >= 4 is 29.0 Å². The zero-order chi connectivity index (χ0) is 19.2. The number of hydrogen-bond donors (Lipinski definition) is 1. The van der Waals surface area contributed by atoms with E-state index in [0.717, 1.165) is 5.56 Å². The van der Waals surface area contributed by atoms with Crippen LogP contribution in [0.15, 0.2) is 66.1 Å². The first-order valence-corrected chi connectivity index (χ1v) is 8.92. The van der Waals surface area contributed by atoms with Crippen LogP contribution in [0.5, 0.6) is 0 Å². The number of non-ortho nitro benzene ring substituents is 1. The van der Waals surface area contributed by atoms with Crippen molar-refractivity contribution in [3.63, 3.8) is 0 Å². The fraction of sp³-hybridized carbons (Fsp3) is 0.111. The molecule has 0 aliphatic rings. The van der Waals surface area contributed by atoms with E-state index in [2.05, 4.69) is 10.3 Å². The smallest absolute Gasteiger partial charge is 0.271 e. The zero-order valence-electron chi connectivity index (χ0n) is 14.0. The van der Waals surface area contributed by atoms with Crippen LogP contribution in [-0.4, -0.2) is 26.1 Å². The summed E-state index contributed by atoms with van der Waals surface area (Å²) in [6.45, 7) is 0.509. The molecule has 0 fully saturated rings. The van der Waals surface area contributed by atoms with Crippen LogP contribution in [0, 0.1) is 15.9 Å². The predicted octanol–water partition coefficient (Wildman–Crippen LogP) is 3.71. The number of nitrogens with zero attached hydrogens (tertiary/aromatic N) is 3. The van der Waals surface area contributed by atoms with E-state index in [0.29, 0.717) is 17.4 Å². The molecule has 1 aromatic heterocycles.